The predicted octanol–water partition coefficient (Wildman–Crippen LogP) is 4.88. The molecule has 0 bridgehead atoms. The molecule has 2 atom stereocenters. The Morgan fingerprint density at radius 2 is 2.00 bits per heavy atom. The van der Waals surface area contributed by atoms with Crippen molar-refractivity contribution in [2.45, 2.75) is 39.7 Å². The van der Waals surface area contributed by atoms with Gasteiger partial charge in [0.15, 0.2) is 5.78 Å². The summed E-state index contributed by atoms with van der Waals surface area (Å²) in [6.45, 7) is 8.24. The van der Waals surface area contributed by atoms with Crippen molar-refractivity contribution in [3.63, 3.8) is 0 Å². The summed E-state index contributed by atoms with van der Waals surface area (Å²) in [5.74, 6) is 6.12. The van der Waals surface area contributed by atoms with Gasteiger partial charge in [0, 0.05) is 17.2 Å². The van der Waals surface area contributed by atoms with Crippen LogP contribution in [0.1, 0.15) is 44.5 Å². The molecule has 1 aliphatic rings. The summed E-state index contributed by atoms with van der Waals surface area (Å²) in [5.41, 5.74) is 0.219. The Morgan fingerprint density at radius 3 is 2.58 bits per heavy atom. The lowest BCUT2D eigenvalue weighted by Gasteiger charge is -2.28. The van der Waals surface area contributed by atoms with Gasteiger partial charge in [0.25, 0.3) is 0 Å². The van der Waals surface area contributed by atoms with E-state index in [9.17, 15) is 4.79 Å². The van der Waals surface area contributed by atoms with Crippen molar-refractivity contribution in [1.82, 2.24) is 0 Å². The number of hydrogen-bond acceptors (Lipinski definition) is 2. The summed E-state index contributed by atoms with van der Waals surface area (Å²) in [5, 5.41) is 0. The quantitative estimate of drug-likeness (QED) is 0.562. The minimum Gasteiger partial charge on any atom is -0.294 e. The number of hydrogen-bond donors (Lipinski definition) is 0. The van der Waals surface area contributed by atoms with Crippen LogP contribution in [0.15, 0.2) is 59.6 Å². The monoisotopic (exact) mass is 319 g/mol. The van der Waals surface area contributed by atoms with Gasteiger partial charge in [-0.15, -0.1) is 0 Å². The van der Waals surface area contributed by atoms with E-state index in [0.29, 0.717) is 6.42 Å². The molecule has 0 saturated carbocycles. The SMILES string of the molecule is CC(C)(C)C#CC=CCC(C(=O)c1ccccc1)C1(C)C=CC=N1. The molecule has 0 saturated heterocycles. The first-order valence-electron chi connectivity index (χ1n) is 8.32. The molecular formula is C22H25NO. The predicted molar refractivity (Wildman–Crippen MR) is 101 cm³/mol. The van der Waals surface area contributed by atoms with Crippen molar-refractivity contribution < 1.29 is 4.79 Å². The number of carbonyl (C=O) groups is 1. The van der Waals surface area contributed by atoms with Gasteiger partial charge < -0.3 is 0 Å². The number of benzene rings is 1. The van der Waals surface area contributed by atoms with Gasteiger partial charge in [-0.3, -0.25) is 9.79 Å². The van der Waals surface area contributed by atoms with Crippen molar-refractivity contribution in [2.75, 3.05) is 0 Å². The maximum absolute atomic E-state index is 13.0. The average molecular weight is 319 g/mol. The Bertz CT molecular complexity index is 709. The number of aliphatic imine (C=N–C) groups is 1. The summed E-state index contributed by atoms with van der Waals surface area (Å²) in [4.78, 5) is 17.5. The molecule has 0 amide bonds. The zero-order valence-electron chi connectivity index (χ0n) is 14.9. The summed E-state index contributed by atoms with van der Waals surface area (Å²) in [7, 11) is 0. The molecule has 1 aromatic carbocycles. The molecule has 1 aliphatic heterocycles. The number of Topliss-reactive ketones (excluding diaryl/α,β-unsaturated/α-hetero) is 1. The number of ketones is 1. The lowest BCUT2D eigenvalue weighted by atomic mass is 9.79. The fourth-order valence-corrected chi connectivity index (χ4v) is 2.63. The number of allylic oxidation sites excluding steroid dienone is 3. The molecule has 0 fully saturated rings. The zero-order chi connectivity index (χ0) is 17.6. The summed E-state index contributed by atoms with van der Waals surface area (Å²) >= 11 is 0. The third-order valence-corrected chi connectivity index (χ3v) is 3.97. The molecule has 0 radical (unpaired) electrons. The van der Waals surface area contributed by atoms with Crippen LogP contribution in [-0.2, 0) is 0 Å². The number of carbonyl (C=O) groups excluding carboxylic acids is 1. The molecule has 0 aromatic heterocycles. The Balaban J connectivity index is 2.20. The average Bonchev–Trinajstić information content (AvgIpc) is 2.97. The van der Waals surface area contributed by atoms with E-state index in [1.165, 1.54) is 0 Å². The van der Waals surface area contributed by atoms with E-state index in [2.05, 4.69) is 37.6 Å². The second-order valence-corrected chi connectivity index (χ2v) is 7.30. The third-order valence-electron chi connectivity index (χ3n) is 3.97. The van der Waals surface area contributed by atoms with E-state index in [1.807, 2.05) is 61.6 Å². The smallest absolute Gasteiger partial charge is 0.168 e. The van der Waals surface area contributed by atoms with Gasteiger partial charge >= 0.3 is 0 Å². The van der Waals surface area contributed by atoms with E-state index in [0.717, 1.165) is 5.56 Å². The van der Waals surface area contributed by atoms with Crippen LogP contribution in [0.3, 0.4) is 0 Å². The van der Waals surface area contributed by atoms with Crippen LogP contribution >= 0.6 is 0 Å². The van der Waals surface area contributed by atoms with Gasteiger partial charge in [0.2, 0.25) is 0 Å². The second kappa shape index (κ2) is 7.45. The molecule has 0 spiro atoms. The largest absolute Gasteiger partial charge is 0.294 e. The van der Waals surface area contributed by atoms with Crippen molar-refractivity contribution in [2.24, 2.45) is 16.3 Å². The maximum Gasteiger partial charge on any atom is 0.168 e. The summed E-state index contributed by atoms with van der Waals surface area (Å²) in [6.07, 6.45) is 10.1. The molecule has 24 heavy (non-hydrogen) atoms. The molecule has 1 aromatic rings. The van der Waals surface area contributed by atoms with Crippen LogP contribution in [0.25, 0.3) is 0 Å². The third kappa shape index (κ3) is 4.80. The summed E-state index contributed by atoms with van der Waals surface area (Å²) < 4.78 is 0. The lowest BCUT2D eigenvalue weighted by Crippen LogP contribution is -2.35. The van der Waals surface area contributed by atoms with Crippen molar-refractivity contribution in [3.05, 3.63) is 60.2 Å². The first kappa shape index (κ1) is 17.9. The molecule has 2 nitrogen and oxygen atoms in total. The highest BCUT2D eigenvalue weighted by Crippen LogP contribution is 2.32. The minimum absolute atomic E-state index is 0.0198. The number of rotatable bonds is 5. The molecule has 1 heterocycles. The Hall–Kier alpha value is -2.40. The van der Waals surface area contributed by atoms with E-state index < -0.39 is 5.54 Å². The second-order valence-electron chi connectivity index (χ2n) is 7.30. The molecule has 2 heteroatoms. The van der Waals surface area contributed by atoms with Gasteiger partial charge in [0.1, 0.15) is 0 Å². The van der Waals surface area contributed by atoms with Crippen molar-refractivity contribution in [1.29, 1.82) is 0 Å². The normalized spacial score (nSPS) is 20.8. The Kier molecular flexibility index (Phi) is 5.57. The van der Waals surface area contributed by atoms with Crippen LogP contribution in [0.4, 0.5) is 0 Å². The molecule has 2 unspecified atom stereocenters. The highest BCUT2D eigenvalue weighted by molar-refractivity contribution is 5.99. The van der Waals surface area contributed by atoms with Crippen LogP contribution in [0, 0.1) is 23.2 Å². The lowest BCUT2D eigenvalue weighted by molar-refractivity contribution is 0.0884. The Morgan fingerprint density at radius 1 is 1.29 bits per heavy atom. The van der Waals surface area contributed by atoms with Gasteiger partial charge in [-0.25, -0.2) is 0 Å². The number of nitrogens with zero attached hydrogens (tertiary/aromatic N) is 1. The van der Waals surface area contributed by atoms with E-state index in [4.69, 9.17) is 0 Å². The molecule has 124 valence electrons. The topological polar surface area (TPSA) is 29.4 Å². The minimum atomic E-state index is -0.491. The Labute approximate surface area is 145 Å². The fourth-order valence-electron chi connectivity index (χ4n) is 2.63. The first-order chi connectivity index (χ1) is 11.3. The van der Waals surface area contributed by atoms with Gasteiger partial charge in [-0.1, -0.05) is 54.3 Å². The van der Waals surface area contributed by atoms with Gasteiger partial charge in [-0.05, 0) is 46.3 Å². The molecule has 2 rings (SSSR count). The highest BCUT2D eigenvalue weighted by atomic mass is 16.1. The van der Waals surface area contributed by atoms with E-state index in [-0.39, 0.29) is 17.1 Å². The van der Waals surface area contributed by atoms with Crippen LogP contribution in [-0.4, -0.2) is 17.5 Å². The van der Waals surface area contributed by atoms with Crippen molar-refractivity contribution >= 4 is 12.0 Å². The van der Waals surface area contributed by atoms with Crippen molar-refractivity contribution in [3.8, 4) is 11.8 Å². The fraction of sp³-hybridized carbons (Fsp3) is 0.364. The van der Waals surface area contributed by atoms with E-state index >= 15 is 0 Å². The van der Waals surface area contributed by atoms with Crippen LogP contribution in [0.2, 0.25) is 0 Å². The maximum atomic E-state index is 13.0. The zero-order valence-corrected chi connectivity index (χ0v) is 14.9. The van der Waals surface area contributed by atoms with Gasteiger partial charge in [-0.2, -0.15) is 0 Å². The molecular weight excluding hydrogens is 294 g/mol. The van der Waals surface area contributed by atoms with E-state index in [1.54, 1.807) is 6.21 Å². The first-order valence-corrected chi connectivity index (χ1v) is 8.32. The summed E-state index contributed by atoms with van der Waals surface area (Å²) in [6, 6.07) is 9.44. The standard InChI is InChI=1S/C22H25NO/c1-21(2,3)15-10-6-9-14-19(22(4)16-11-17-23-22)20(24)18-12-7-5-8-13-18/h5-9,11-13,16-17,19H,14H2,1-4H3. The van der Waals surface area contributed by atoms with Gasteiger partial charge in [0.05, 0.1) is 11.5 Å². The van der Waals surface area contributed by atoms with Crippen LogP contribution < -0.4 is 0 Å². The highest BCUT2D eigenvalue weighted by Gasteiger charge is 2.37. The van der Waals surface area contributed by atoms with Crippen LogP contribution in [0.5, 0.6) is 0 Å². The molecule has 0 aliphatic carbocycles. The molecule has 0 N–H and O–H groups in total.